The summed E-state index contributed by atoms with van der Waals surface area (Å²) in [4.78, 5) is 15.5. The van der Waals surface area contributed by atoms with E-state index >= 15 is 0 Å². The number of carbonyl (C=O) groups is 1. The second-order valence-electron chi connectivity index (χ2n) is 10.9. The summed E-state index contributed by atoms with van der Waals surface area (Å²) in [7, 11) is 0.471. The minimum absolute atomic E-state index is 0.0246. The summed E-state index contributed by atoms with van der Waals surface area (Å²) in [6, 6.07) is 15.5. The predicted molar refractivity (Wildman–Crippen MR) is 152 cm³/mol. The van der Waals surface area contributed by atoms with Gasteiger partial charge in [-0.15, -0.1) is 13.1 Å². The standard InChI is InChI=1S/C30H35F2N3O4S/c1-18(2)24-13-22(21-9-12-27-28(15-21)39-30(31,32)38-27)14-25(19(3)4)26(24)16-29(36)34-40(33,37)23-10-7-20(8-11-23)17-35(5)6/h7-15,18-19H,16-17H2,1-6H3,(H2,33,34,36,37). The number of nitrogens with zero attached hydrogens (tertiary/aromatic N) is 2. The molecular weight excluding hydrogens is 536 g/mol. The number of fused-ring (bicyclic) bond motifs is 1. The molecule has 0 bridgehead atoms. The Bertz CT molecular complexity index is 1510. The molecule has 1 aliphatic heterocycles. The summed E-state index contributed by atoms with van der Waals surface area (Å²) >= 11 is 0. The Labute approximate surface area is 234 Å². The van der Waals surface area contributed by atoms with Gasteiger partial charge in [0.2, 0.25) is 0 Å². The van der Waals surface area contributed by atoms with Crippen molar-refractivity contribution in [2.24, 2.45) is 9.50 Å². The lowest BCUT2D eigenvalue weighted by Gasteiger charge is -2.21. The Morgan fingerprint density at radius 1 is 0.925 bits per heavy atom. The molecule has 0 saturated carbocycles. The molecule has 1 atom stereocenters. The van der Waals surface area contributed by atoms with Crippen LogP contribution in [0.1, 0.15) is 61.8 Å². The number of amides is 1. The van der Waals surface area contributed by atoms with Crippen molar-refractivity contribution in [3.63, 3.8) is 0 Å². The Morgan fingerprint density at radius 3 is 2.05 bits per heavy atom. The van der Waals surface area contributed by atoms with Crippen LogP contribution in [0.3, 0.4) is 0 Å². The molecule has 3 aromatic rings. The van der Waals surface area contributed by atoms with E-state index in [0.29, 0.717) is 17.0 Å². The first-order valence-electron chi connectivity index (χ1n) is 13.0. The molecule has 7 nitrogen and oxygen atoms in total. The highest BCUT2D eigenvalue weighted by atomic mass is 32.2. The highest BCUT2D eigenvalue weighted by Gasteiger charge is 2.43. The maximum absolute atomic E-state index is 13.6. The number of halogens is 2. The quantitative estimate of drug-likeness (QED) is 0.335. The first kappa shape index (κ1) is 29.6. The van der Waals surface area contributed by atoms with E-state index in [-0.39, 0.29) is 29.8 Å². The van der Waals surface area contributed by atoms with Crippen molar-refractivity contribution in [2.75, 3.05) is 14.1 Å². The fraction of sp³-hybridized carbons (Fsp3) is 0.367. The summed E-state index contributed by atoms with van der Waals surface area (Å²) in [6.07, 6.45) is -3.77. The summed E-state index contributed by atoms with van der Waals surface area (Å²) in [5, 5.41) is 6.06. The van der Waals surface area contributed by atoms with Crippen LogP contribution in [-0.4, -0.2) is 35.4 Å². The predicted octanol–water partition coefficient (Wildman–Crippen LogP) is 6.45. The van der Waals surface area contributed by atoms with Crippen LogP contribution >= 0.6 is 0 Å². The fourth-order valence-corrected chi connectivity index (χ4v) is 5.79. The van der Waals surface area contributed by atoms with Gasteiger partial charge < -0.3 is 14.4 Å². The molecule has 1 aliphatic rings. The van der Waals surface area contributed by atoms with Crippen molar-refractivity contribution in [2.45, 2.75) is 63.7 Å². The Kier molecular flexibility index (Phi) is 8.35. The van der Waals surface area contributed by atoms with Crippen LogP contribution in [-0.2, 0) is 27.7 Å². The molecule has 0 fully saturated rings. The minimum atomic E-state index is -3.70. The van der Waals surface area contributed by atoms with Gasteiger partial charge in [-0.2, -0.15) is 0 Å². The number of hydrogen-bond acceptors (Lipinski definition) is 5. The van der Waals surface area contributed by atoms with Crippen molar-refractivity contribution < 1.29 is 27.3 Å². The van der Waals surface area contributed by atoms with Gasteiger partial charge in [-0.3, -0.25) is 4.79 Å². The van der Waals surface area contributed by atoms with Crippen LogP contribution in [0.15, 0.2) is 63.9 Å². The van der Waals surface area contributed by atoms with E-state index in [9.17, 15) is 17.8 Å². The van der Waals surface area contributed by atoms with Crippen LogP contribution in [0.2, 0.25) is 0 Å². The van der Waals surface area contributed by atoms with E-state index in [1.807, 2.05) is 71.0 Å². The van der Waals surface area contributed by atoms with Gasteiger partial charge in [0.25, 0.3) is 5.91 Å². The molecule has 4 rings (SSSR count). The lowest BCUT2D eigenvalue weighted by Crippen LogP contribution is -2.25. The van der Waals surface area contributed by atoms with Crippen molar-refractivity contribution in [1.82, 2.24) is 4.90 Å². The molecule has 1 heterocycles. The van der Waals surface area contributed by atoms with Crippen molar-refractivity contribution >= 4 is 15.8 Å². The Morgan fingerprint density at radius 2 is 1.50 bits per heavy atom. The van der Waals surface area contributed by atoms with Crippen LogP contribution in [0.5, 0.6) is 11.5 Å². The second kappa shape index (κ2) is 11.3. The lowest BCUT2D eigenvalue weighted by molar-refractivity contribution is -0.286. The maximum atomic E-state index is 13.6. The van der Waals surface area contributed by atoms with Gasteiger partial charge in [0.1, 0.15) is 9.92 Å². The summed E-state index contributed by atoms with van der Waals surface area (Å²) < 4.78 is 53.5. The lowest BCUT2D eigenvalue weighted by atomic mass is 9.84. The van der Waals surface area contributed by atoms with Gasteiger partial charge in [-0.25, -0.2) is 9.35 Å². The molecule has 0 aromatic heterocycles. The van der Waals surface area contributed by atoms with Crippen molar-refractivity contribution in [1.29, 1.82) is 0 Å². The molecular formula is C30H35F2N3O4S. The Balaban J connectivity index is 1.69. The molecule has 0 radical (unpaired) electrons. The minimum Gasteiger partial charge on any atom is -0.395 e. The monoisotopic (exact) mass is 571 g/mol. The molecule has 214 valence electrons. The van der Waals surface area contributed by atoms with E-state index in [2.05, 4.69) is 13.8 Å². The highest BCUT2D eigenvalue weighted by Crippen LogP contribution is 2.44. The molecule has 1 amide bonds. The van der Waals surface area contributed by atoms with Crippen molar-refractivity contribution in [3.05, 3.63) is 76.9 Å². The third-order valence-electron chi connectivity index (χ3n) is 6.62. The van der Waals surface area contributed by atoms with Gasteiger partial charge in [0, 0.05) is 6.54 Å². The number of rotatable bonds is 8. The van der Waals surface area contributed by atoms with E-state index in [0.717, 1.165) is 27.8 Å². The third-order valence-corrected chi connectivity index (χ3v) is 8.05. The number of hydrogen-bond donors (Lipinski definition) is 1. The number of carbonyl (C=O) groups excluding carboxylic acids is 1. The SMILES string of the molecule is CC(C)c1cc(-c2ccc3c(c2)OC(F)(F)O3)cc(C(C)C)c1CC(=O)N=S(N)(=O)c1ccc(CN(C)C)cc1. The number of nitrogens with two attached hydrogens (primary N) is 1. The second-order valence-corrected chi connectivity index (χ2v) is 12.7. The number of benzene rings is 3. The zero-order valence-electron chi connectivity index (χ0n) is 23.5. The van der Waals surface area contributed by atoms with Gasteiger partial charge in [-0.1, -0.05) is 58.0 Å². The average molecular weight is 572 g/mol. The molecule has 3 aromatic carbocycles. The van der Waals surface area contributed by atoms with E-state index in [1.54, 1.807) is 18.2 Å². The number of ether oxygens (including phenoxy) is 2. The fourth-order valence-electron chi connectivity index (χ4n) is 4.79. The highest BCUT2D eigenvalue weighted by molar-refractivity contribution is 7.91. The first-order chi connectivity index (χ1) is 18.6. The summed E-state index contributed by atoms with van der Waals surface area (Å²) in [6.45, 7) is 8.75. The molecule has 0 aliphatic carbocycles. The van der Waals surface area contributed by atoms with Crippen LogP contribution in [0, 0.1) is 0 Å². The first-order valence-corrected chi connectivity index (χ1v) is 14.6. The van der Waals surface area contributed by atoms with E-state index < -0.39 is 22.1 Å². The molecule has 0 saturated heterocycles. The molecule has 2 N–H and O–H groups in total. The topological polar surface area (TPSA) is 94.2 Å². The smallest absolute Gasteiger partial charge is 0.395 e. The zero-order chi connectivity index (χ0) is 29.4. The normalized spacial score (nSPS) is 15.5. The van der Waals surface area contributed by atoms with Gasteiger partial charge in [0.15, 0.2) is 11.5 Å². The van der Waals surface area contributed by atoms with Gasteiger partial charge in [-0.05, 0) is 83.6 Å². The molecule has 40 heavy (non-hydrogen) atoms. The van der Waals surface area contributed by atoms with Crippen molar-refractivity contribution in [3.8, 4) is 22.6 Å². The van der Waals surface area contributed by atoms with E-state index in [4.69, 9.17) is 5.14 Å². The third kappa shape index (κ3) is 6.68. The Hall–Kier alpha value is -3.34. The maximum Gasteiger partial charge on any atom is 0.586 e. The van der Waals surface area contributed by atoms with Crippen LogP contribution < -0.4 is 14.6 Å². The largest absolute Gasteiger partial charge is 0.586 e. The summed E-state index contributed by atoms with van der Waals surface area (Å²) in [5.74, 6) is -0.574. The average Bonchev–Trinajstić information content (AvgIpc) is 3.16. The molecule has 1 unspecified atom stereocenters. The summed E-state index contributed by atoms with van der Waals surface area (Å²) in [5.41, 5.74) is 5.10. The molecule has 0 spiro atoms. The molecule has 10 heteroatoms. The van der Waals surface area contributed by atoms with E-state index in [1.165, 1.54) is 12.1 Å². The number of alkyl halides is 2. The van der Waals surface area contributed by atoms with Crippen LogP contribution in [0.4, 0.5) is 8.78 Å². The van der Waals surface area contributed by atoms with Gasteiger partial charge >= 0.3 is 6.29 Å². The van der Waals surface area contributed by atoms with Crippen LogP contribution in [0.25, 0.3) is 11.1 Å². The van der Waals surface area contributed by atoms with Gasteiger partial charge in [0.05, 0.1) is 11.3 Å². The zero-order valence-corrected chi connectivity index (χ0v) is 24.4.